The molecule has 36 heavy (non-hydrogen) atoms. The molecule has 1 aliphatic rings. The number of aryl methyl sites for hydroxylation is 1. The lowest BCUT2D eigenvalue weighted by Crippen LogP contribution is -2.35. The van der Waals surface area contributed by atoms with Gasteiger partial charge in [0.2, 0.25) is 0 Å². The highest BCUT2D eigenvalue weighted by Gasteiger charge is 2.35. The maximum atomic E-state index is 13.3. The lowest BCUT2D eigenvalue weighted by Gasteiger charge is -2.19. The van der Waals surface area contributed by atoms with E-state index in [4.69, 9.17) is 14.5 Å². The topological polar surface area (TPSA) is 51.1 Å². The third-order valence-electron chi connectivity index (χ3n) is 5.46. The van der Waals surface area contributed by atoms with Gasteiger partial charge in [-0.3, -0.25) is 9.69 Å². The van der Waals surface area contributed by atoms with Crippen LogP contribution in [0.3, 0.4) is 0 Å². The zero-order chi connectivity index (χ0) is 25.8. The number of amidine groups is 1. The zero-order valence-electron chi connectivity index (χ0n) is 20.4. The number of nitrogens with zero attached hydrogens (tertiary/aromatic N) is 2. The summed E-state index contributed by atoms with van der Waals surface area (Å²) in [6.45, 7) is 6.42. The van der Waals surface area contributed by atoms with Crippen molar-refractivity contribution >= 4 is 66.5 Å². The quantitative estimate of drug-likeness (QED) is 0.248. The largest absolute Gasteiger partial charge is 0.493 e. The van der Waals surface area contributed by atoms with E-state index in [1.165, 1.54) is 17.3 Å². The van der Waals surface area contributed by atoms with Crippen LogP contribution in [0, 0.1) is 6.92 Å². The molecule has 1 heterocycles. The summed E-state index contributed by atoms with van der Waals surface area (Å²) in [5.41, 5.74) is 3.85. The lowest BCUT2D eigenvalue weighted by atomic mass is 10.1. The first kappa shape index (κ1) is 26.5. The van der Waals surface area contributed by atoms with Crippen LogP contribution in [0.4, 0.5) is 5.69 Å². The molecule has 0 N–H and O–H groups in total. The molecule has 0 bridgehead atoms. The van der Waals surface area contributed by atoms with Crippen LogP contribution in [0.15, 0.2) is 79.5 Å². The molecule has 0 radical (unpaired) electrons. The molecule has 0 atom stereocenters. The number of halogens is 2. The normalized spacial score (nSPS) is 15.9. The van der Waals surface area contributed by atoms with Gasteiger partial charge in [-0.25, -0.2) is 4.99 Å². The third kappa shape index (κ3) is 6.22. The summed E-state index contributed by atoms with van der Waals surface area (Å²) in [6.07, 6.45) is 1.87. The van der Waals surface area contributed by atoms with E-state index in [0.29, 0.717) is 28.2 Å². The molecular formula is C28H26Br2N2O3S. The van der Waals surface area contributed by atoms with E-state index in [-0.39, 0.29) is 11.9 Å². The standard InChI is InChI=1S/C28H26Br2N2O3S/c1-17(2)32-27(33)25(36-28(32)31-22-11-5-18(3)6-12-22)15-20-13-23(30)26(24(14-20)34-4)35-16-19-7-9-21(29)10-8-19/h5-15,17H,16H2,1-4H3/b25-15+,31-28?. The number of thioether (sulfide) groups is 1. The van der Waals surface area contributed by atoms with Gasteiger partial charge in [-0.15, -0.1) is 0 Å². The average Bonchev–Trinajstić information content (AvgIpc) is 3.15. The van der Waals surface area contributed by atoms with E-state index in [1.807, 2.05) is 87.5 Å². The zero-order valence-corrected chi connectivity index (χ0v) is 24.4. The summed E-state index contributed by atoms with van der Waals surface area (Å²) in [5.74, 6) is 1.13. The van der Waals surface area contributed by atoms with Crippen molar-refractivity contribution in [2.24, 2.45) is 4.99 Å². The van der Waals surface area contributed by atoms with E-state index in [2.05, 4.69) is 31.9 Å². The van der Waals surface area contributed by atoms with Gasteiger partial charge in [0, 0.05) is 10.5 Å². The number of carbonyl (C=O) groups is 1. The molecule has 0 aliphatic carbocycles. The monoisotopic (exact) mass is 628 g/mol. The highest BCUT2D eigenvalue weighted by molar-refractivity contribution is 9.10. The smallest absolute Gasteiger partial charge is 0.266 e. The SMILES string of the molecule is COc1cc(/C=C2/SC(=Nc3ccc(C)cc3)N(C(C)C)C2=O)cc(Br)c1OCc1ccc(Br)cc1. The molecule has 3 aromatic rings. The van der Waals surface area contributed by atoms with Crippen molar-refractivity contribution < 1.29 is 14.3 Å². The van der Waals surface area contributed by atoms with Crippen LogP contribution < -0.4 is 9.47 Å². The van der Waals surface area contributed by atoms with E-state index >= 15 is 0 Å². The molecule has 1 amide bonds. The minimum absolute atomic E-state index is 0.0178. The molecule has 5 nitrogen and oxygen atoms in total. The van der Waals surface area contributed by atoms with Gasteiger partial charge in [-0.1, -0.05) is 45.8 Å². The van der Waals surface area contributed by atoms with Crippen molar-refractivity contribution in [3.63, 3.8) is 0 Å². The predicted octanol–water partition coefficient (Wildman–Crippen LogP) is 8.12. The fourth-order valence-corrected chi connectivity index (χ4v) is 5.56. The average molecular weight is 630 g/mol. The van der Waals surface area contributed by atoms with Gasteiger partial charge in [-0.05, 0) is 102 Å². The summed E-state index contributed by atoms with van der Waals surface area (Å²) >= 11 is 8.44. The molecule has 0 spiro atoms. The number of ether oxygens (including phenoxy) is 2. The summed E-state index contributed by atoms with van der Waals surface area (Å²) in [4.78, 5) is 20.4. The number of hydrogen-bond donors (Lipinski definition) is 0. The second kappa shape index (κ2) is 11.7. The molecule has 1 aliphatic heterocycles. The van der Waals surface area contributed by atoms with Crippen molar-refractivity contribution in [2.45, 2.75) is 33.4 Å². The van der Waals surface area contributed by atoms with Gasteiger partial charge in [0.1, 0.15) is 6.61 Å². The van der Waals surface area contributed by atoms with E-state index in [0.717, 1.165) is 25.8 Å². The summed E-state index contributed by atoms with van der Waals surface area (Å²) in [5, 5.41) is 0.672. The molecule has 1 fully saturated rings. The highest BCUT2D eigenvalue weighted by atomic mass is 79.9. The Morgan fingerprint density at radius 1 is 1.06 bits per heavy atom. The van der Waals surface area contributed by atoms with Crippen molar-refractivity contribution in [2.75, 3.05) is 7.11 Å². The number of rotatable bonds is 7. The fraction of sp³-hybridized carbons (Fsp3) is 0.214. The van der Waals surface area contributed by atoms with Gasteiger partial charge < -0.3 is 9.47 Å². The molecule has 3 aromatic carbocycles. The Balaban J connectivity index is 1.60. The van der Waals surface area contributed by atoms with Crippen LogP contribution in [0.5, 0.6) is 11.5 Å². The van der Waals surface area contributed by atoms with Crippen LogP contribution in [-0.2, 0) is 11.4 Å². The van der Waals surface area contributed by atoms with Crippen LogP contribution in [0.2, 0.25) is 0 Å². The molecule has 4 rings (SSSR count). The Bertz CT molecular complexity index is 1320. The Morgan fingerprint density at radius 3 is 2.39 bits per heavy atom. The number of hydrogen-bond acceptors (Lipinski definition) is 5. The van der Waals surface area contributed by atoms with E-state index in [9.17, 15) is 4.79 Å². The number of methoxy groups -OCH3 is 1. The Labute approximate surface area is 232 Å². The molecule has 1 saturated heterocycles. The Hall–Kier alpha value is -2.55. The highest BCUT2D eigenvalue weighted by Crippen LogP contribution is 2.40. The molecule has 186 valence electrons. The number of aliphatic imine (C=N–C) groups is 1. The lowest BCUT2D eigenvalue weighted by molar-refractivity contribution is -0.123. The van der Waals surface area contributed by atoms with Gasteiger partial charge in [0.15, 0.2) is 16.7 Å². The first-order chi connectivity index (χ1) is 17.2. The van der Waals surface area contributed by atoms with Crippen molar-refractivity contribution in [1.29, 1.82) is 0 Å². The Kier molecular flexibility index (Phi) is 8.59. The number of carbonyl (C=O) groups excluding carboxylic acids is 1. The van der Waals surface area contributed by atoms with Crippen molar-refractivity contribution in [3.8, 4) is 11.5 Å². The van der Waals surface area contributed by atoms with Gasteiger partial charge >= 0.3 is 0 Å². The minimum atomic E-state index is -0.0634. The fourth-order valence-electron chi connectivity index (χ4n) is 3.60. The second-order valence-corrected chi connectivity index (χ2v) is 11.3. The summed E-state index contributed by atoms with van der Waals surface area (Å²) < 4.78 is 13.4. The van der Waals surface area contributed by atoms with Gasteiger partial charge in [0.05, 0.1) is 22.2 Å². The minimum Gasteiger partial charge on any atom is -0.493 e. The predicted molar refractivity (Wildman–Crippen MR) is 155 cm³/mol. The van der Waals surface area contributed by atoms with Crippen LogP contribution in [0.1, 0.15) is 30.5 Å². The van der Waals surface area contributed by atoms with E-state index < -0.39 is 0 Å². The first-order valence-corrected chi connectivity index (χ1v) is 13.8. The first-order valence-electron chi connectivity index (χ1n) is 11.4. The molecule has 8 heteroatoms. The molecule has 0 aromatic heterocycles. The molecule has 0 unspecified atom stereocenters. The van der Waals surface area contributed by atoms with E-state index in [1.54, 1.807) is 12.0 Å². The maximum absolute atomic E-state index is 13.3. The summed E-state index contributed by atoms with van der Waals surface area (Å²) in [6, 6.07) is 19.7. The Morgan fingerprint density at radius 2 is 1.75 bits per heavy atom. The number of benzene rings is 3. The van der Waals surface area contributed by atoms with Gasteiger partial charge in [0.25, 0.3) is 5.91 Å². The summed E-state index contributed by atoms with van der Waals surface area (Å²) in [7, 11) is 1.60. The maximum Gasteiger partial charge on any atom is 0.266 e. The second-order valence-electron chi connectivity index (χ2n) is 8.56. The van der Waals surface area contributed by atoms with Crippen LogP contribution >= 0.6 is 43.6 Å². The number of amides is 1. The third-order valence-corrected chi connectivity index (χ3v) is 7.56. The van der Waals surface area contributed by atoms with Crippen molar-refractivity contribution in [1.82, 2.24) is 4.90 Å². The van der Waals surface area contributed by atoms with Crippen molar-refractivity contribution in [3.05, 3.63) is 91.2 Å². The molecule has 0 saturated carbocycles. The molecular weight excluding hydrogens is 604 g/mol. The van der Waals surface area contributed by atoms with Crippen LogP contribution in [-0.4, -0.2) is 29.1 Å². The van der Waals surface area contributed by atoms with Crippen LogP contribution in [0.25, 0.3) is 6.08 Å². The van der Waals surface area contributed by atoms with Gasteiger partial charge in [-0.2, -0.15) is 0 Å².